The number of alkyl halides is 3. The zero-order chi connectivity index (χ0) is 12.4. The second kappa shape index (κ2) is 4.42. The predicted molar refractivity (Wildman–Crippen MR) is 51.7 cm³/mol. The monoisotopic (exact) mass is 254 g/mol. The van der Waals surface area contributed by atoms with Gasteiger partial charge in [0.25, 0.3) is 10.1 Å². The Morgan fingerprint density at radius 2 is 1.69 bits per heavy atom. The second-order valence-corrected chi connectivity index (χ2v) is 4.75. The molecule has 0 aliphatic carbocycles. The molecule has 7 heteroatoms. The van der Waals surface area contributed by atoms with Gasteiger partial charge in [-0.25, -0.2) is 0 Å². The van der Waals surface area contributed by atoms with Gasteiger partial charge in [0, 0.05) is 0 Å². The highest BCUT2D eigenvalue weighted by Gasteiger charge is 2.43. The van der Waals surface area contributed by atoms with Gasteiger partial charge in [0.15, 0.2) is 0 Å². The summed E-state index contributed by atoms with van der Waals surface area (Å²) in [6.45, 7) is 0. The van der Waals surface area contributed by atoms with Crippen LogP contribution in [0.5, 0.6) is 0 Å². The highest BCUT2D eigenvalue weighted by molar-refractivity contribution is 7.85. The van der Waals surface area contributed by atoms with Gasteiger partial charge in [0.05, 0.1) is 11.7 Å². The molecule has 0 bridgehead atoms. The zero-order valence-electron chi connectivity index (χ0n) is 7.98. The third kappa shape index (κ3) is 3.82. The van der Waals surface area contributed by atoms with Crippen LogP contribution in [0.4, 0.5) is 13.2 Å². The van der Waals surface area contributed by atoms with E-state index < -0.39 is 28.0 Å². The van der Waals surface area contributed by atoms with Crippen LogP contribution >= 0.6 is 0 Å². The SMILES string of the molecule is O=S(=O)(O)CC(c1ccccc1)C(F)(F)F. The standard InChI is InChI=1S/C9H9F3O3S/c10-9(11,12)8(6-16(13,14)15)7-4-2-1-3-5-7/h1-5,8H,6H2,(H,13,14,15). The summed E-state index contributed by atoms with van der Waals surface area (Å²) in [5.74, 6) is -3.57. The van der Waals surface area contributed by atoms with Crippen LogP contribution in [0.3, 0.4) is 0 Å². The molecule has 90 valence electrons. The van der Waals surface area contributed by atoms with Crippen LogP contribution < -0.4 is 0 Å². The highest BCUT2D eigenvalue weighted by atomic mass is 32.2. The van der Waals surface area contributed by atoms with E-state index in [1.54, 1.807) is 0 Å². The van der Waals surface area contributed by atoms with E-state index in [-0.39, 0.29) is 5.56 Å². The van der Waals surface area contributed by atoms with E-state index in [2.05, 4.69) is 0 Å². The van der Waals surface area contributed by atoms with E-state index in [0.29, 0.717) is 0 Å². The lowest BCUT2D eigenvalue weighted by Gasteiger charge is -2.19. The van der Waals surface area contributed by atoms with Gasteiger partial charge in [-0.1, -0.05) is 30.3 Å². The molecule has 0 heterocycles. The predicted octanol–water partition coefficient (Wildman–Crippen LogP) is 2.22. The third-order valence-corrected chi connectivity index (χ3v) is 2.73. The maximum absolute atomic E-state index is 12.6. The number of hydrogen-bond acceptors (Lipinski definition) is 2. The molecule has 1 aromatic rings. The average Bonchev–Trinajstić information content (AvgIpc) is 2.13. The minimum atomic E-state index is -4.71. The van der Waals surface area contributed by atoms with Crippen molar-refractivity contribution in [1.29, 1.82) is 0 Å². The van der Waals surface area contributed by atoms with Crippen LogP contribution in [-0.4, -0.2) is 24.9 Å². The molecule has 3 nitrogen and oxygen atoms in total. The Bertz CT molecular complexity index is 439. The summed E-state index contributed by atoms with van der Waals surface area (Å²) in [6.07, 6.45) is -4.71. The van der Waals surface area contributed by atoms with E-state index in [1.807, 2.05) is 0 Å². The fraction of sp³-hybridized carbons (Fsp3) is 0.333. The lowest BCUT2D eigenvalue weighted by molar-refractivity contribution is -0.145. The van der Waals surface area contributed by atoms with Gasteiger partial charge in [0.1, 0.15) is 0 Å². The summed E-state index contributed by atoms with van der Waals surface area (Å²) in [5.41, 5.74) is -0.187. The van der Waals surface area contributed by atoms with E-state index in [0.717, 1.165) is 0 Å². The van der Waals surface area contributed by atoms with E-state index in [9.17, 15) is 21.6 Å². The van der Waals surface area contributed by atoms with Crippen molar-refractivity contribution in [2.75, 3.05) is 5.75 Å². The van der Waals surface area contributed by atoms with Gasteiger partial charge in [-0.2, -0.15) is 21.6 Å². The molecular weight excluding hydrogens is 245 g/mol. The van der Waals surface area contributed by atoms with Crippen molar-refractivity contribution in [1.82, 2.24) is 0 Å². The zero-order valence-corrected chi connectivity index (χ0v) is 8.79. The number of hydrogen-bond donors (Lipinski definition) is 1. The van der Waals surface area contributed by atoms with Crippen molar-refractivity contribution in [2.45, 2.75) is 12.1 Å². The lowest BCUT2D eigenvalue weighted by Crippen LogP contribution is -2.27. The van der Waals surface area contributed by atoms with Gasteiger partial charge < -0.3 is 0 Å². The Labute approximate surface area is 90.7 Å². The van der Waals surface area contributed by atoms with E-state index in [4.69, 9.17) is 4.55 Å². The fourth-order valence-electron chi connectivity index (χ4n) is 1.28. The number of halogens is 3. The molecule has 0 saturated carbocycles. The molecule has 0 saturated heterocycles. The Balaban J connectivity index is 3.08. The molecule has 1 N–H and O–H groups in total. The van der Waals surface area contributed by atoms with Gasteiger partial charge in [-0.05, 0) is 5.56 Å². The minimum Gasteiger partial charge on any atom is -0.286 e. The molecule has 0 amide bonds. The van der Waals surface area contributed by atoms with Crippen LogP contribution in [0.25, 0.3) is 0 Å². The van der Waals surface area contributed by atoms with Crippen molar-refractivity contribution in [3.63, 3.8) is 0 Å². The van der Waals surface area contributed by atoms with Crippen molar-refractivity contribution < 1.29 is 26.1 Å². The number of rotatable bonds is 3. The molecule has 1 aromatic carbocycles. The summed E-state index contributed by atoms with van der Waals surface area (Å²) in [6, 6.07) is 6.60. The first kappa shape index (κ1) is 13.0. The first-order valence-electron chi connectivity index (χ1n) is 4.27. The van der Waals surface area contributed by atoms with Gasteiger partial charge in [0.2, 0.25) is 0 Å². The van der Waals surface area contributed by atoms with E-state index >= 15 is 0 Å². The first-order valence-corrected chi connectivity index (χ1v) is 5.88. The minimum absolute atomic E-state index is 0.187. The van der Waals surface area contributed by atoms with Crippen molar-refractivity contribution in [2.24, 2.45) is 0 Å². The van der Waals surface area contributed by atoms with Crippen molar-refractivity contribution in [3.8, 4) is 0 Å². The van der Waals surface area contributed by atoms with Crippen molar-refractivity contribution in [3.05, 3.63) is 35.9 Å². The summed E-state index contributed by atoms with van der Waals surface area (Å²) >= 11 is 0. The third-order valence-electron chi connectivity index (χ3n) is 1.97. The maximum Gasteiger partial charge on any atom is 0.396 e. The Morgan fingerprint density at radius 1 is 1.19 bits per heavy atom. The van der Waals surface area contributed by atoms with Gasteiger partial charge in [-0.15, -0.1) is 0 Å². The van der Waals surface area contributed by atoms with Gasteiger partial charge in [-0.3, -0.25) is 4.55 Å². The Hall–Kier alpha value is -1.08. The van der Waals surface area contributed by atoms with Crippen LogP contribution in [0.2, 0.25) is 0 Å². The molecule has 0 aromatic heterocycles. The van der Waals surface area contributed by atoms with Crippen molar-refractivity contribution >= 4 is 10.1 Å². The Morgan fingerprint density at radius 3 is 2.06 bits per heavy atom. The molecule has 1 rings (SSSR count). The second-order valence-electron chi connectivity index (χ2n) is 3.25. The quantitative estimate of drug-likeness (QED) is 0.841. The molecule has 0 aliphatic rings. The van der Waals surface area contributed by atoms with Crippen LogP contribution in [-0.2, 0) is 10.1 Å². The highest BCUT2D eigenvalue weighted by Crippen LogP contribution is 2.35. The van der Waals surface area contributed by atoms with E-state index in [1.165, 1.54) is 30.3 Å². The number of benzene rings is 1. The molecule has 0 radical (unpaired) electrons. The summed E-state index contributed by atoms with van der Waals surface area (Å²) in [7, 11) is -4.67. The topological polar surface area (TPSA) is 54.4 Å². The van der Waals surface area contributed by atoms with Crippen LogP contribution in [0.1, 0.15) is 11.5 Å². The fourth-order valence-corrected chi connectivity index (χ4v) is 2.08. The summed E-state index contributed by atoms with van der Waals surface area (Å²) in [4.78, 5) is 0. The molecule has 0 spiro atoms. The summed E-state index contributed by atoms with van der Waals surface area (Å²) in [5, 5.41) is 0. The first-order chi connectivity index (χ1) is 7.20. The van der Waals surface area contributed by atoms with Gasteiger partial charge >= 0.3 is 6.18 Å². The largest absolute Gasteiger partial charge is 0.396 e. The average molecular weight is 254 g/mol. The maximum atomic E-state index is 12.6. The lowest BCUT2D eigenvalue weighted by atomic mass is 10.0. The van der Waals surface area contributed by atoms with Crippen LogP contribution in [0.15, 0.2) is 30.3 Å². The normalized spacial score (nSPS) is 14.8. The molecule has 16 heavy (non-hydrogen) atoms. The smallest absolute Gasteiger partial charge is 0.286 e. The summed E-state index contributed by atoms with van der Waals surface area (Å²) < 4.78 is 67.2. The molecule has 0 aliphatic heterocycles. The molecular formula is C9H9F3O3S. The molecule has 1 atom stereocenters. The molecule has 0 fully saturated rings. The Kier molecular flexibility index (Phi) is 3.59. The van der Waals surface area contributed by atoms with Crippen LogP contribution in [0, 0.1) is 0 Å². The molecule has 1 unspecified atom stereocenters.